The predicted molar refractivity (Wildman–Crippen MR) is 71.9 cm³/mol. The molecule has 0 bridgehead atoms. The first-order valence-corrected chi connectivity index (χ1v) is 6.17. The highest BCUT2D eigenvalue weighted by Gasteiger charge is 2.35. The Kier molecular flexibility index (Phi) is 3.85. The van der Waals surface area contributed by atoms with Crippen LogP contribution < -0.4 is 5.43 Å². The van der Waals surface area contributed by atoms with Crippen molar-refractivity contribution in [1.29, 1.82) is 0 Å². The number of benzene rings is 1. The van der Waals surface area contributed by atoms with Gasteiger partial charge < -0.3 is 4.90 Å². The Bertz CT molecular complexity index is 487. The zero-order valence-corrected chi connectivity index (χ0v) is 10.9. The molecule has 100 valence electrons. The summed E-state index contributed by atoms with van der Waals surface area (Å²) in [5.41, 5.74) is 3.56. The first-order valence-electron chi connectivity index (χ1n) is 6.17. The van der Waals surface area contributed by atoms with Crippen molar-refractivity contribution in [2.75, 3.05) is 6.54 Å². The van der Waals surface area contributed by atoms with Crippen molar-refractivity contribution >= 4 is 11.9 Å². The van der Waals surface area contributed by atoms with Crippen LogP contribution in [-0.2, 0) is 11.3 Å². The molecule has 1 saturated heterocycles. The van der Waals surface area contributed by atoms with Gasteiger partial charge in [0.15, 0.2) is 0 Å². The molecule has 1 aromatic carbocycles. The Balaban J connectivity index is 2.18. The molecule has 1 aliphatic rings. The number of carbonyl (C=O) groups excluding carboxylic acids is 2. The fourth-order valence-corrected chi connectivity index (χ4v) is 1.97. The SMILES string of the molecule is C=CCN1NC(=O)[C@@H](C)N(Cc2ccccc2)C1=O. The molecular formula is C14H17N3O2. The lowest BCUT2D eigenvalue weighted by molar-refractivity contribution is -0.132. The summed E-state index contributed by atoms with van der Waals surface area (Å²) < 4.78 is 0. The van der Waals surface area contributed by atoms with E-state index in [0.29, 0.717) is 13.1 Å². The molecule has 1 atom stereocenters. The van der Waals surface area contributed by atoms with Crippen molar-refractivity contribution in [3.8, 4) is 0 Å². The quantitative estimate of drug-likeness (QED) is 0.834. The molecule has 1 N–H and O–H groups in total. The summed E-state index contributed by atoms with van der Waals surface area (Å²) in [5, 5.41) is 1.28. The summed E-state index contributed by atoms with van der Waals surface area (Å²) >= 11 is 0. The Morgan fingerprint density at radius 1 is 1.32 bits per heavy atom. The van der Waals surface area contributed by atoms with Crippen LogP contribution in [0.3, 0.4) is 0 Å². The van der Waals surface area contributed by atoms with Crippen LogP contribution in [0.1, 0.15) is 12.5 Å². The van der Waals surface area contributed by atoms with E-state index in [1.807, 2.05) is 30.3 Å². The molecule has 5 nitrogen and oxygen atoms in total. The molecule has 3 amide bonds. The molecule has 1 heterocycles. The monoisotopic (exact) mass is 259 g/mol. The number of amides is 3. The second-order valence-corrected chi connectivity index (χ2v) is 4.45. The number of carbonyl (C=O) groups is 2. The highest BCUT2D eigenvalue weighted by Crippen LogP contribution is 2.14. The molecule has 1 aliphatic heterocycles. The van der Waals surface area contributed by atoms with Crippen LogP contribution in [-0.4, -0.2) is 34.4 Å². The van der Waals surface area contributed by atoms with Crippen LogP contribution in [0.25, 0.3) is 0 Å². The number of hydrogen-bond acceptors (Lipinski definition) is 2. The lowest BCUT2D eigenvalue weighted by Crippen LogP contribution is -2.64. The molecule has 0 unspecified atom stereocenters. The molecule has 19 heavy (non-hydrogen) atoms. The van der Waals surface area contributed by atoms with Gasteiger partial charge in [0.1, 0.15) is 6.04 Å². The molecule has 0 aliphatic carbocycles. The molecule has 0 radical (unpaired) electrons. The first-order chi connectivity index (χ1) is 9.13. The molecule has 1 aromatic rings. The minimum absolute atomic E-state index is 0.183. The zero-order chi connectivity index (χ0) is 13.8. The lowest BCUT2D eigenvalue weighted by atomic mass is 10.1. The minimum atomic E-state index is -0.478. The van der Waals surface area contributed by atoms with Gasteiger partial charge in [-0.05, 0) is 12.5 Å². The van der Waals surface area contributed by atoms with Crippen LogP contribution in [0.4, 0.5) is 4.79 Å². The fourth-order valence-electron chi connectivity index (χ4n) is 1.97. The highest BCUT2D eigenvalue weighted by atomic mass is 16.2. The van der Waals surface area contributed by atoms with Crippen molar-refractivity contribution in [2.45, 2.75) is 19.5 Å². The van der Waals surface area contributed by atoms with Gasteiger partial charge in [-0.2, -0.15) is 0 Å². The lowest BCUT2D eigenvalue weighted by Gasteiger charge is -2.39. The molecule has 0 aromatic heterocycles. The number of nitrogens with one attached hydrogen (secondary N) is 1. The smallest absolute Gasteiger partial charge is 0.307 e. The second kappa shape index (κ2) is 5.56. The molecule has 2 rings (SSSR count). The van der Waals surface area contributed by atoms with Gasteiger partial charge >= 0.3 is 6.03 Å². The van der Waals surface area contributed by atoms with E-state index in [1.165, 1.54) is 5.01 Å². The Labute approximate surface area is 112 Å². The Hall–Kier alpha value is -2.30. The van der Waals surface area contributed by atoms with Crippen molar-refractivity contribution < 1.29 is 9.59 Å². The van der Waals surface area contributed by atoms with E-state index in [9.17, 15) is 9.59 Å². The average molecular weight is 259 g/mol. The van der Waals surface area contributed by atoms with Crippen molar-refractivity contribution in [3.05, 3.63) is 48.6 Å². The largest absolute Gasteiger partial charge is 0.339 e. The second-order valence-electron chi connectivity index (χ2n) is 4.45. The van der Waals surface area contributed by atoms with Crippen molar-refractivity contribution in [3.63, 3.8) is 0 Å². The standard InChI is InChI=1S/C14H17N3O2/c1-3-9-17-14(19)16(11(2)13(18)15-17)10-12-7-5-4-6-8-12/h3-8,11H,1,9-10H2,2H3,(H,15,18)/t11-/m1/s1. The number of hydrogen-bond donors (Lipinski definition) is 1. The molecular weight excluding hydrogens is 242 g/mol. The summed E-state index contributed by atoms with van der Waals surface area (Å²) in [5.74, 6) is -0.183. The number of hydrazine groups is 1. The van der Waals surface area contributed by atoms with E-state index >= 15 is 0 Å². The molecule has 0 saturated carbocycles. The molecule has 1 fully saturated rings. The summed E-state index contributed by atoms with van der Waals surface area (Å²) in [6, 6.07) is 8.92. The predicted octanol–water partition coefficient (Wildman–Crippen LogP) is 1.53. The zero-order valence-electron chi connectivity index (χ0n) is 10.9. The van der Waals surface area contributed by atoms with Crippen LogP contribution in [0, 0.1) is 0 Å². The van der Waals surface area contributed by atoms with Gasteiger partial charge in [0.25, 0.3) is 5.91 Å². The molecule has 0 spiro atoms. The number of rotatable bonds is 4. The summed E-state index contributed by atoms with van der Waals surface area (Å²) in [4.78, 5) is 25.7. The summed E-state index contributed by atoms with van der Waals surface area (Å²) in [6.45, 7) is 6.02. The van der Waals surface area contributed by atoms with Gasteiger partial charge in [-0.1, -0.05) is 36.4 Å². The summed E-state index contributed by atoms with van der Waals surface area (Å²) in [6.07, 6.45) is 1.58. The Morgan fingerprint density at radius 3 is 2.63 bits per heavy atom. The van der Waals surface area contributed by atoms with E-state index in [2.05, 4.69) is 12.0 Å². The van der Waals surface area contributed by atoms with E-state index in [4.69, 9.17) is 0 Å². The Morgan fingerprint density at radius 2 is 2.00 bits per heavy atom. The van der Waals surface area contributed by atoms with Gasteiger partial charge in [-0.25, -0.2) is 9.80 Å². The van der Waals surface area contributed by atoms with Gasteiger partial charge in [0.2, 0.25) is 0 Å². The topological polar surface area (TPSA) is 52.7 Å². The van der Waals surface area contributed by atoms with Crippen LogP contribution in [0.15, 0.2) is 43.0 Å². The van der Waals surface area contributed by atoms with E-state index in [1.54, 1.807) is 17.9 Å². The third-order valence-electron chi connectivity index (χ3n) is 3.08. The average Bonchev–Trinajstić information content (AvgIpc) is 2.42. The maximum atomic E-state index is 12.3. The van der Waals surface area contributed by atoms with Gasteiger partial charge in [-0.15, -0.1) is 6.58 Å². The minimum Gasteiger partial charge on any atom is -0.307 e. The number of urea groups is 1. The van der Waals surface area contributed by atoms with Gasteiger partial charge in [-0.3, -0.25) is 10.2 Å². The van der Waals surface area contributed by atoms with Crippen LogP contribution in [0.5, 0.6) is 0 Å². The van der Waals surface area contributed by atoms with Crippen molar-refractivity contribution in [1.82, 2.24) is 15.3 Å². The van der Waals surface area contributed by atoms with E-state index in [0.717, 1.165) is 5.56 Å². The third-order valence-corrected chi connectivity index (χ3v) is 3.08. The van der Waals surface area contributed by atoms with E-state index < -0.39 is 6.04 Å². The maximum Gasteiger partial charge on any atom is 0.339 e. The van der Waals surface area contributed by atoms with E-state index in [-0.39, 0.29) is 11.9 Å². The summed E-state index contributed by atoms with van der Waals surface area (Å²) in [7, 11) is 0. The number of nitrogens with zero attached hydrogens (tertiary/aromatic N) is 2. The highest BCUT2D eigenvalue weighted by molar-refractivity contribution is 5.91. The molecule has 5 heteroatoms. The van der Waals surface area contributed by atoms with Gasteiger partial charge in [0, 0.05) is 6.54 Å². The third kappa shape index (κ3) is 2.76. The van der Waals surface area contributed by atoms with Crippen molar-refractivity contribution in [2.24, 2.45) is 0 Å². The van der Waals surface area contributed by atoms with Crippen LogP contribution in [0.2, 0.25) is 0 Å². The fraction of sp³-hybridized carbons (Fsp3) is 0.286. The first kappa shape index (κ1) is 13.1. The maximum absolute atomic E-state index is 12.3. The van der Waals surface area contributed by atoms with Gasteiger partial charge in [0.05, 0.1) is 6.54 Å². The van der Waals surface area contributed by atoms with Crippen LogP contribution >= 0.6 is 0 Å². The normalized spacial score (nSPS) is 19.3.